The van der Waals surface area contributed by atoms with Gasteiger partial charge in [-0.2, -0.15) is 0 Å². The summed E-state index contributed by atoms with van der Waals surface area (Å²) in [7, 11) is 0. The predicted molar refractivity (Wildman–Crippen MR) is 94.4 cm³/mol. The first-order valence-electron chi connectivity index (χ1n) is 7.37. The monoisotopic (exact) mass is 338 g/mol. The van der Waals surface area contributed by atoms with E-state index < -0.39 is 0 Å². The van der Waals surface area contributed by atoms with Crippen molar-refractivity contribution in [2.24, 2.45) is 0 Å². The maximum atomic E-state index is 12.3. The van der Waals surface area contributed by atoms with Gasteiger partial charge in [-0.25, -0.2) is 0 Å². The Bertz CT molecular complexity index is 839. The van der Waals surface area contributed by atoms with Crippen LogP contribution in [-0.2, 0) is 6.54 Å². The Kier molecular flexibility index (Phi) is 5.03. The standard InChI is InChI=1S/C18H15ClN4O/c19-16-6-1-2-7-17(16)23-15-9-13(10-20-11-15)18(24)22-12-14-5-3-4-8-21-14/h1-11,23H,12H2,(H,22,24). The van der Waals surface area contributed by atoms with E-state index in [1.54, 1.807) is 24.5 Å². The van der Waals surface area contributed by atoms with Crippen molar-refractivity contribution in [1.82, 2.24) is 15.3 Å². The molecule has 0 aliphatic carbocycles. The van der Waals surface area contributed by atoms with Crippen molar-refractivity contribution in [3.8, 4) is 0 Å². The van der Waals surface area contributed by atoms with Gasteiger partial charge in [-0.05, 0) is 30.3 Å². The van der Waals surface area contributed by atoms with Gasteiger partial charge < -0.3 is 10.6 Å². The number of carbonyl (C=O) groups excluding carboxylic acids is 1. The van der Waals surface area contributed by atoms with Gasteiger partial charge in [0.25, 0.3) is 5.91 Å². The van der Waals surface area contributed by atoms with Gasteiger partial charge in [-0.1, -0.05) is 29.8 Å². The van der Waals surface area contributed by atoms with Gasteiger partial charge in [0.2, 0.25) is 0 Å². The van der Waals surface area contributed by atoms with Crippen LogP contribution in [0.15, 0.2) is 67.1 Å². The third-order valence-electron chi connectivity index (χ3n) is 3.31. The number of pyridine rings is 2. The van der Waals surface area contributed by atoms with Gasteiger partial charge >= 0.3 is 0 Å². The number of carbonyl (C=O) groups is 1. The van der Waals surface area contributed by atoms with Gasteiger partial charge in [0.05, 0.1) is 40.4 Å². The lowest BCUT2D eigenvalue weighted by atomic mass is 10.2. The first kappa shape index (κ1) is 16.0. The molecule has 0 unspecified atom stereocenters. The molecule has 2 heterocycles. The highest BCUT2D eigenvalue weighted by molar-refractivity contribution is 6.33. The molecule has 0 aliphatic rings. The van der Waals surface area contributed by atoms with Crippen LogP contribution in [-0.4, -0.2) is 15.9 Å². The number of halogens is 1. The van der Waals surface area contributed by atoms with Gasteiger partial charge in [0, 0.05) is 12.4 Å². The normalized spacial score (nSPS) is 10.2. The summed E-state index contributed by atoms with van der Waals surface area (Å²) in [6, 6.07) is 14.7. The van der Waals surface area contributed by atoms with Crippen molar-refractivity contribution in [2.45, 2.75) is 6.54 Å². The lowest BCUT2D eigenvalue weighted by molar-refractivity contribution is 0.0950. The van der Waals surface area contributed by atoms with E-state index >= 15 is 0 Å². The SMILES string of the molecule is O=C(NCc1ccccn1)c1cncc(Nc2ccccc2Cl)c1. The Hall–Kier alpha value is -2.92. The molecule has 24 heavy (non-hydrogen) atoms. The molecular weight excluding hydrogens is 324 g/mol. The lowest BCUT2D eigenvalue weighted by Gasteiger charge is -2.09. The summed E-state index contributed by atoms with van der Waals surface area (Å²) in [5, 5.41) is 6.58. The number of benzene rings is 1. The van der Waals surface area contributed by atoms with Crippen LogP contribution >= 0.6 is 11.6 Å². The number of amides is 1. The van der Waals surface area contributed by atoms with E-state index in [-0.39, 0.29) is 5.91 Å². The van der Waals surface area contributed by atoms with Crippen LogP contribution in [0.5, 0.6) is 0 Å². The molecule has 0 fully saturated rings. The highest BCUT2D eigenvalue weighted by atomic mass is 35.5. The van der Waals surface area contributed by atoms with Gasteiger partial charge in [-0.15, -0.1) is 0 Å². The number of hydrogen-bond donors (Lipinski definition) is 2. The topological polar surface area (TPSA) is 66.9 Å². The van der Waals surface area contributed by atoms with Crippen LogP contribution in [0.2, 0.25) is 5.02 Å². The Labute approximate surface area is 144 Å². The minimum Gasteiger partial charge on any atom is -0.353 e. The second-order valence-corrected chi connectivity index (χ2v) is 5.48. The molecular formula is C18H15ClN4O. The van der Waals surface area contributed by atoms with Crippen LogP contribution in [0.3, 0.4) is 0 Å². The molecule has 0 aliphatic heterocycles. The average molecular weight is 339 g/mol. The Morgan fingerprint density at radius 3 is 2.71 bits per heavy atom. The van der Waals surface area contributed by atoms with Gasteiger partial charge in [0.15, 0.2) is 0 Å². The van der Waals surface area contributed by atoms with Crippen molar-refractivity contribution in [3.63, 3.8) is 0 Å². The fraction of sp³-hybridized carbons (Fsp3) is 0.0556. The molecule has 0 radical (unpaired) electrons. The summed E-state index contributed by atoms with van der Waals surface area (Å²) < 4.78 is 0. The Morgan fingerprint density at radius 1 is 1.08 bits per heavy atom. The first-order chi connectivity index (χ1) is 11.7. The molecule has 1 aromatic carbocycles. The fourth-order valence-corrected chi connectivity index (χ4v) is 2.31. The maximum absolute atomic E-state index is 12.3. The molecule has 2 N–H and O–H groups in total. The van der Waals surface area contributed by atoms with Crippen molar-refractivity contribution in [3.05, 3.63) is 83.4 Å². The zero-order chi connectivity index (χ0) is 16.8. The van der Waals surface area contributed by atoms with Crippen LogP contribution in [0.4, 0.5) is 11.4 Å². The zero-order valence-electron chi connectivity index (χ0n) is 12.7. The summed E-state index contributed by atoms with van der Waals surface area (Å²) in [5.74, 6) is -0.212. The lowest BCUT2D eigenvalue weighted by Crippen LogP contribution is -2.23. The quantitative estimate of drug-likeness (QED) is 0.742. The minimum atomic E-state index is -0.212. The zero-order valence-corrected chi connectivity index (χ0v) is 13.5. The van der Waals surface area contributed by atoms with Crippen molar-refractivity contribution in [2.75, 3.05) is 5.32 Å². The maximum Gasteiger partial charge on any atom is 0.253 e. The van der Waals surface area contributed by atoms with Gasteiger partial charge in [0.1, 0.15) is 0 Å². The van der Waals surface area contributed by atoms with E-state index in [0.717, 1.165) is 11.4 Å². The molecule has 2 aromatic heterocycles. The summed E-state index contributed by atoms with van der Waals surface area (Å²) in [5.41, 5.74) is 2.70. The molecule has 3 rings (SSSR count). The Morgan fingerprint density at radius 2 is 1.92 bits per heavy atom. The first-order valence-corrected chi connectivity index (χ1v) is 7.75. The van der Waals surface area contributed by atoms with E-state index in [1.807, 2.05) is 36.4 Å². The van der Waals surface area contributed by atoms with E-state index in [2.05, 4.69) is 20.6 Å². The molecule has 0 atom stereocenters. The van der Waals surface area contributed by atoms with Crippen LogP contribution < -0.4 is 10.6 Å². The van der Waals surface area contributed by atoms with E-state index in [1.165, 1.54) is 6.20 Å². The molecule has 5 nitrogen and oxygen atoms in total. The highest BCUT2D eigenvalue weighted by Crippen LogP contribution is 2.24. The van der Waals surface area contributed by atoms with Gasteiger partial charge in [-0.3, -0.25) is 14.8 Å². The number of nitrogens with one attached hydrogen (secondary N) is 2. The molecule has 3 aromatic rings. The fourth-order valence-electron chi connectivity index (χ4n) is 2.13. The van der Waals surface area contributed by atoms with Crippen molar-refractivity contribution >= 4 is 28.9 Å². The third kappa shape index (κ3) is 4.08. The molecule has 0 bridgehead atoms. The van der Waals surface area contributed by atoms with Crippen LogP contribution in [0, 0.1) is 0 Å². The molecule has 0 saturated heterocycles. The third-order valence-corrected chi connectivity index (χ3v) is 3.64. The smallest absolute Gasteiger partial charge is 0.253 e. The molecule has 0 saturated carbocycles. The molecule has 0 spiro atoms. The molecule has 120 valence electrons. The average Bonchev–Trinajstić information content (AvgIpc) is 2.63. The second kappa shape index (κ2) is 7.57. The number of hydrogen-bond acceptors (Lipinski definition) is 4. The van der Waals surface area contributed by atoms with Crippen molar-refractivity contribution in [1.29, 1.82) is 0 Å². The number of nitrogens with zero attached hydrogens (tertiary/aromatic N) is 2. The summed E-state index contributed by atoms with van der Waals surface area (Å²) >= 11 is 6.12. The largest absolute Gasteiger partial charge is 0.353 e. The summed E-state index contributed by atoms with van der Waals surface area (Å²) in [6.45, 7) is 0.363. The summed E-state index contributed by atoms with van der Waals surface area (Å²) in [6.07, 6.45) is 4.85. The Balaban J connectivity index is 1.68. The molecule has 6 heteroatoms. The number of para-hydroxylation sites is 1. The van der Waals surface area contributed by atoms with Crippen LogP contribution in [0.25, 0.3) is 0 Å². The van der Waals surface area contributed by atoms with Crippen molar-refractivity contribution < 1.29 is 4.79 Å². The number of anilines is 2. The van der Waals surface area contributed by atoms with E-state index in [0.29, 0.717) is 22.8 Å². The van der Waals surface area contributed by atoms with E-state index in [9.17, 15) is 4.79 Å². The predicted octanol–water partition coefficient (Wildman–Crippen LogP) is 3.80. The van der Waals surface area contributed by atoms with Crippen LogP contribution in [0.1, 0.15) is 16.1 Å². The molecule has 1 amide bonds. The second-order valence-electron chi connectivity index (χ2n) is 5.07. The highest BCUT2D eigenvalue weighted by Gasteiger charge is 2.08. The summed E-state index contributed by atoms with van der Waals surface area (Å²) in [4.78, 5) is 20.5. The minimum absolute atomic E-state index is 0.212. The number of rotatable bonds is 5. The number of aromatic nitrogens is 2. The van der Waals surface area contributed by atoms with E-state index in [4.69, 9.17) is 11.6 Å².